The average Bonchev–Trinajstić information content (AvgIpc) is 2.50. The summed E-state index contributed by atoms with van der Waals surface area (Å²) >= 11 is 0. The lowest BCUT2D eigenvalue weighted by molar-refractivity contribution is 0.151. The van der Waals surface area contributed by atoms with Crippen molar-refractivity contribution in [3.63, 3.8) is 0 Å². The topological polar surface area (TPSA) is 38.5 Å². The van der Waals surface area contributed by atoms with Crippen LogP contribution in [0.1, 0.15) is 17.5 Å². The van der Waals surface area contributed by atoms with Gasteiger partial charge in [0.25, 0.3) is 0 Å². The summed E-state index contributed by atoms with van der Waals surface area (Å²) in [5.41, 5.74) is 8.97. The van der Waals surface area contributed by atoms with Crippen LogP contribution < -0.4 is 5.73 Å². The molecule has 3 nitrogen and oxygen atoms in total. The van der Waals surface area contributed by atoms with E-state index in [1.54, 1.807) is 7.11 Å². The van der Waals surface area contributed by atoms with Crippen LogP contribution in [-0.4, -0.2) is 37.7 Å². The normalized spacial score (nSPS) is 18.5. The molecule has 0 spiro atoms. The highest BCUT2D eigenvalue weighted by Crippen LogP contribution is 2.18. The highest BCUT2D eigenvalue weighted by Gasteiger charge is 2.15. The van der Waals surface area contributed by atoms with Crippen LogP contribution in [0.5, 0.6) is 0 Å². The van der Waals surface area contributed by atoms with Crippen LogP contribution >= 0.6 is 0 Å². The maximum absolute atomic E-state index is 6.02. The number of hydrogen-bond donors (Lipinski definition) is 1. The molecule has 0 bridgehead atoms. The molecule has 2 rings (SSSR count). The van der Waals surface area contributed by atoms with E-state index in [-0.39, 0.29) is 6.04 Å². The van der Waals surface area contributed by atoms with E-state index in [1.807, 2.05) is 0 Å². The molecule has 0 aliphatic carbocycles. The zero-order valence-electron chi connectivity index (χ0n) is 10.6. The third kappa shape index (κ3) is 3.53. The third-order valence-electron chi connectivity index (χ3n) is 3.31. The van der Waals surface area contributed by atoms with Crippen LogP contribution in [0.25, 0.3) is 0 Å². The zero-order chi connectivity index (χ0) is 12.1. The van der Waals surface area contributed by atoms with Gasteiger partial charge < -0.3 is 10.5 Å². The Bertz CT molecular complexity index is 354. The van der Waals surface area contributed by atoms with Crippen molar-refractivity contribution in [2.24, 2.45) is 5.73 Å². The second kappa shape index (κ2) is 6.15. The molecule has 1 atom stereocenters. The Kier molecular flexibility index (Phi) is 4.54. The molecule has 1 heterocycles. The second-order valence-corrected chi connectivity index (χ2v) is 4.82. The standard InChI is InChI=1S/C14H22N2O/c1-17-11-14(15)10-16-8-4-7-12-5-2-3-6-13(12)9-16/h2-3,5-6,14H,4,7-11,15H2,1H3. The number of methoxy groups -OCH3 is 1. The van der Waals surface area contributed by atoms with E-state index in [4.69, 9.17) is 10.5 Å². The number of hydrogen-bond acceptors (Lipinski definition) is 3. The lowest BCUT2D eigenvalue weighted by Gasteiger charge is -2.23. The fourth-order valence-electron chi connectivity index (χ4n) is 2.52. The molecule has 0 saturated carbocycles. The molecule has 2 N–H and O–H groups in total. The Labute approximate surface area is 104 Å². The van der Waals surface area contributed by atoms with Crippen molar-refractivity contribution in [2.75, 3.05) is 26.8 Å². The number of benzene rings is 1. The smallest absolute Gasteiger partial charge is 0.0626 e. The summed E-state index contributed by atoms with van der Waals surface area (Å²) < 4.78 is 5.09. The molecular formula is C14H22N2O. The van der Waals surface area contributed by atoms with Crippen molar-refractivity contribution in [3.8, 4) is 0 Å². The average molecular weight is 234 g/mol. The molecule has 1 aromatic carbocycles. The molecule has 0 fully saturated rings. The molecule has 0 radical (unpaired) electrons. The van der Waals surface area contributed by atoms with Crippen molar-refractivity contribution in [1.82, 2.24) is 4.90 Å². The number of fused-ring (bicyclic) bond motifs is 1. The Morgan fingerprint density at radius 3 is 2.88 bits per heavy atom. The summed E-state index contributed by atoms with van der Waals surface area (Å²) in [6, 6.07) is 8.84. The van der Waals surface area contributed by atoms with Gasteiger partial charge in [0, 0.05) is 26.2 Å². The first-order valence-corrected chi connectivity index (χ1v) is 6.33. The molecular weight excluding hydrogens is 212 g/mol. The molecule has 0 aromatic heterocycles. The fraction of sp³-hybridized carbons (Fsp3) is 0.571. The van der Waals surface area contributed by atoms with Gasteiger partial charge in [0.2, 0.25) is 0 Å². The van der Waals surface area contributed by atoms with Gasteiger partial charge in [0.15, 0.2) is 0 Å². The van der Waals surface area contributed by atoms with Crippen molar-refractivity contribution < 1.29 is 4.74 Å². The van der Waals surface area contributed by atoms with E-state index in [0.717, 1.165) is 19.6 Å². The Hall–Kier alpha value is -0.900. The fourth-order valence-corrected chi connectivity index (χ4v) is 2.52. The summed E-state index contributed by atoms with van der Waals surface area (Å²) in [6.07, 6.45) is 2.41. The number of nitrogens with two attached hydrogens (primary N) is 1. The molecule has 17 heavy (non-hydrogen) atoms. The van der Waals surface area contributed by atoms with Gasteiger partial charge >= 0.3 is 0 Å². The Morgan fingerprint density at radius 2 is 2.12 bits per heavy atom. The number of aryl methyl sites for hydroxylation is 1. The summed E-state index contributed by atoms with van der Waals surface area (Å²) in [5, 5.41) is 0. The van der Waals surface area contributed by atoms with Crippen molar-refractivity contribution in [1.29, 1.82) is 0 Å². The maximum Gasteiger partial charge on any atom is 0.0626 e. The van der Waals surface area contributed by atoms with E-state index < -0.39 is 0 Å². The molecule has 1 aromatic rings. The van der Waals surface area contributed by atoms with Gasteiger partial charge in [-0.3, -0.25) is 4.90 Å². The van der Waals surface area contributed by atoms with Crippen molar-refractivity contribution in [3.05, 3.63) is 35.4 Å². The predicted molar refractivity (Wildman–Crippen MR) is 69.9 cm³/mol. The lowest BCUT2D eigenvalue weighted by atomic mass is 10.0. The summed E-state index contributed by atoms with van der Waals surface area (Å²) in [7, 11) is 1.71. The molecule has 1 aliphatic rings. The van der Waals surface area contributed by atoms with Crippen LogP contribution in [0.4, 0.5) is 0 Å². The van der Waals surface area contributed by atoms with E-state index >= 15 is 0 Å². The highest BCUT2D eigenvalue weighted by atomic mass is 16.5. The predicted octanol–water partition coefficient (Wildman–Crippen LogP) is 1.41. The maximum atomic E-state index is 6.02. The quantitative estimate of drug-likeness (QED) is 0.856. The van der Waals surface area contributed by atoms with Crippen LogP contribution in [0, 0.1) is 0 Å². The van der Waals surface area contributed by atoms with E-state index in [1.165, 1.54) is 24.0 Å². The van der Waals surface area contributed by atoms with Crippen LogP contribution in [0.2, 0.25) is 0 Å². The first kappa shape index (κ1) is 12.6. The number of nitrogens with zero attached hydrogens (tertiary/aromatic N) is 1. The highest BCUT2D eigenvalue weighted by molar-refractivity contribution is 5.28. The van der Waals surface area contributed by atoms with Gasteiger partial charge in [0.05, 0.1) is 6.61 Å². The van der Waals surface area contributed by atoms with Gasteiger partial charge in [-0.25, -0.2) is 0 Å². The largest absolute Gasteiger partial charge is 0.383 e. The van der Waals surface area contributed by atoms with Crippen molar-refractivity contribution >= 4 is 0 Å². The Morgan fingerprint density at radius 1 is 1.35 bits per heavy atom. The van der Waals surface area contributed by atoms with Crippen molar-refractivity contribution in [2.45, 2.75) is 25.4 Å². The molecule has 94 valence electrons. The van der Waals surface area contributed by atoms with E-state index in [9.17, 15) is 0 Å². The zero-order valence-corrected chi connectivity index (χ0v) is 10.6. The third-order valence-corrected chi connectivity index (χ3v) is 3.31. The second-order valence-electron chi connectivity index (χ2n) is 4.82. The summed E-state index contributed by atoms with van der Waals surface area (Å²) in [4.78, 5) is 2.44. The molecule has 0 saturated heterocycles. The minimum atomic E-state index is 0.116. The first-order chi connectivity index (χ1) is 8.29. The number of rotatable bonds is 4. The minimum absolute atomic E-state index is 0.116. The van der Waals surface area contributed by atoms with E-state index in [0.29, 0.717) is 6.61 Å². The SMILES string of the molecule is COCC(N)CN1CCCc2ccccc2C1. The van der Waals surface area contributed by atoms with Gasteiger partial charge in [-0.1, -0.05) is 24.3 Å². The van der Waals surface area contributed by atoms with Crippen LogP contribution in [0.15, 0.2) is 24.3 Å². The lowest BCUT2D eigenvalue weighted by Crippen LogP contribution is -2.40. The van der Waals surface area contributed by atoms with Gasteiger partial charge in [-0.2, -0.15) is 0 Å². The summed E-state index contributed by atoms with van der Waals surface area (Å²) in [6.45, 7) is 3.71. The molecule has 0 amide bonds. The number of ether oxygens (including phenoxy) is 1. The van der Waals surface area contributed by atoms with E-state index in [2.05, 4.69) is 29.2 Å². The molecule has 1 unspecified atom stereocenters. The first-order valence-electron chi connectivity index (χ1n) is 6.33. The van der Waals surface area contributed by atoms with Crippen LogP contribution in [0.3, 0.4) is 0 Å². The van der Waals surface area contributed by atoms with Gasteiger partial charge in [0.1, 0.15) is 0 Å². The molecule has 1 aliphatic heterocycles. The van der Waals surface area contributed by atoms with Gasteiger partial charge in [-0.15, -0.1) is 0 Å². The van der Waals surface area contributed by atoms with Gasteiger partial charge in [-0.05, 0) is 30.5 Å². The van der Waals surface area contributed by atoms with Crippen LogP contribution in [-0.2, 0) is 17.7 Å². The Balaban J connectivity index is 1.98. The molecule has 3 heteroatoms. The monoisotopic (exact) mass is 234 g/mol. The summed E-state index contributed by atoms with van der Waals surface area (Å²) in [5.74, 6) is 0. The minimum Gasteiger partial charge on any atom is -0.383 e.